The summed E-state index contributed by atoms with van der Waals surface area (Å²) in [5.41, 5.74) is 2.89. The highest BCUT2D eigenvalue weighted by Crippen LogP contribution is 2.22. The number of aryl methyl sites for hydroxylation is 1. The Morgan fingerprint density at radius 1 is 0.914 bits per heavy atom. The summed E-state index contributed by atoms with van der Waals surface area (Å²) in [5, 5.41) is 3.11. The molecular weight excluding hydrogens is 442 g/mol. The molecule has 4 aromatic rings. The van der Waals surface area contributed by atoms with Crippen LogP contribution < -0.4 is 19.5 Å². The fourth-order valence-corrected chi connectivity index (χ4v) is 4.03. The summed E-state index contributed by atoms with van der Waals surface area (Å²) in [5.74, 6) is 3.16. The molecule has 1 unspecified atom stereocenters. The predicted molar refractivity (Wildman–Crippen MR) is 136 cm³/mol. The van der Waals surface area contributed by atoms with Gasteiger partial charge in [-0.1, -0.05) is 24.3 Å². The molecule has 1 amide bonds. The molecule has 0 fully saturated rings. The van der Waals surface area contributed by atoms with Crippen molar-refractivity contribution in [1.82, 2.24) is 14.9 Å². The predicted octanol–water partition coefficient (Wildman–Crippen LogP) is 4.94. The molecule has 0 spiro atoms. The Hall–Kier alpha value is -4.00. The number of nitrogens with zero attached hydrogens (tertiary/aromatic N) is 2. The largest absolute Gasteiger partial charge is 0.497 e. The van der Waals surface area contributed by atoms with Crippen LogP contribution in [0.15, 0.2) is 72.8 Å². The van der Waals surface area contributed by atoms with Crippen molar-refractivity contribution in [2.45, 2.75) is 32.4 Å². The van der Waals surface area contributed by atoms with Gasteiger partial charge in [0.1, 0.15) is 23.1 Å². The van der Waals surface area contributed by atoms with Crippen LogP contribution in [0, 0.1) is 0 Å². The smallest absolute Gasteiger partial charge is 0.224 e. The highest BCUT2D eigenvalue weighted by Gasteiger charge is 2.18. The van der Waals surface area contributed by atoms with Crippen LogP contribution in [0.5, 0.6) is 17.2 Å². The molecule has 0 aliphatic carbocycles. The third kappa shape index (κ3) is 6.12. The summed E-state index contributed by atoms with van der Waals surface area (Å²) in [6.45, 7) is 3.26. The van der Waals surface area contributed by atoms with Crippen LogP contribution in [0.1, 0.15) is 30.8 Å². The summed E-state index contributed by atoms with van der Waals surface area (Å²) < 4.78 is 18.4. The van der Waals surface area contributed by atoms with Crippen molar-refractivity contribution in [2.24, 2.45) is 0 Å². The number of aromatic nitrogens is 2. The Balaban J connectivity index is 1.40. The lowest BCUT2D eigenvalue weighted by Gasteiger charge is -2.17. The number of hydrogen-bond donors (Lipinski definition) is 1. The Morgan fingerprint density at radius 3 is 2.23 bits per heavy atom. The fraction of sp³-hybridized carbons (Fsp3) is 0.286. The third-order valence-electron chi connectivity index (χ3n) is 5.83. The zero-order chi connectivity index (χ0) is 24.6. The lowest BCUT2D eigenvalue weighted by atomic mass is 10.1. The van der Waals surface area contributed by atoms with Gasteiger partial charge in [-0.3, -0.25) is 4.79 Å². The van der Waals surface area contributed by atoms with E-state index in [-0.39, 0.29) is 11.9 Å². The molecule has 7 heteroatoms. The first kappa shape index (κ1) is 24.1. The highest BCUT2D eigenvalue weighted by molar-refractivity contribution is 5.79. The highest BCUT2D eigenvalue weighted by atomic mass is 16.5. The van der Waals surface area contributed by atoms with Gasteiger partial charge < -0.3 is 24.1 Å². The number of methoxy groups -OCH3 is 2. The van der Waals surface area contributed by atoms with E-state index in [1.54, 1.807) is 14.2 Å². The van der Waals surface area contributed by atoms with Gasteiger partial charge in [-0.15, -0.1) is 0 Å². The number of benzene rings is 3. The van der Waals surface area contributed by atoms with E-state index in [9.17, 15) is 4.79 Å². The van der Waals surface area contributed by atoms with E-state index in [0.717, 1.165) is 52.6 Å². The second kappa shape index (κ2) is 11.4. The molecule has 0 saturated heterocycles. The molecule has 7 nitrogen and oxygen atoms in total. The zero-order valence-corrected chi connectivity index (χ0v) is 20.4. The Labute approximate surface area is 205 Å². The van der Waals surface area contributed by atoms with E-state index in [1.807, 2.05) is 73.7 Å². The molecule has 1 heterocycles. The summed E-state index contributed by atoms with van der Waals surface area (Å²) in [7, 11) is 3.27. The first-order valence-corrected chi connectivity index (χ1v) is 11.7. The summed E-state index contributed by atoms with van der Waals surface area (Å²) in [6.07, 6.45) is 1.09. The quantitative estimate of drug-likeness (QED) is 0.312. The van der Waals surface area contributed by atoms with Crippen LogP contribution in [0.25, 0.3) is 11.0 Å². The van der Waals surface area contributed by atoms with Gasteiger partial charge in [0.15, 0.2) is 0 Å². The van der Waals surface area contributed by atoms with Gasteiger partial charge >= 0.3 is 0 Å². The van der Waals surface area contributed by atoms with Gasteiger partial charge in [-0.2, -0.15) is 0 Å². The number of nitrogens with one attached hydrogen (secondary N) is 1. The molecule has 1 atom stereocenters. The Kier molecular flexibility index (Phi) is 7.88. The van der Waals surface area contributed by atoms with E-state index in [0.29, 0.717) is 13.0 Å². The van der Waals surface area contributed by atoms with Gasteiger partial charge in [-0.25, -0.2) is 4.98 Å². The minimum atomic E-state index is -0.240. The molecule has 4 rings (SSSR count). The number of carbonyl (C=O) groups excluding carboxylic acids is 1. The third-order valence-corrected chi connectivity index (χ3v) is 5.83. The van der Waals surface area contributed by atoms with Crippen LogP contribution in [0.2, 0.25) is 0 Å². The summed E-state index contributed by atoms with van der Waals surface area (Å²) in [6, 6.07) is 22.9. The van der Waals surface area contributed by atoms with Crippen LogP contribution in [0.3, 0.4) is 0 Å². The molecule has 0 saturated carbocycles. The van der Waals surface area contributed by atoms with Gasteiger partial charge in [0, 0.05) is 6.54 Å². The summed E-state index contributed by atoms with van der Waals surface area (Å²) >= 11 is 0. The number of para-hydroxylation sites is 2. The van der Waals surface area contributed by atoms with Crippen LogP contribution in [-0.4, -0.2) is 36.3 Å². The molecule has 35 heavy (non-hydrogen) atoms. The zero-order valence-electron chi connectivity index (χ0n) is 20.4. The maximum absolute atomic E-state index is 12.7. The van der Waals surface area contributed by atoms with Crippen molar-refractivity contribution in [3.63, 3.8) is 0 Å². The van der Waals surface area contributed by atoms with Gasteiger partial charge in [0.05, 0.1) is 44.3 Å². The molecule has 0 bridgehead atoms. The average molecular weight is 474 g/mol. The summed E-state index contributed by atoms with van der Waals surface area (Å²) in [4.78, 5) is 17.6. The Bertz CT molecular complexity index is 1250. The second-order valence-corrected chi connectivity index (χ2v) is 8.30. The lowest BCUT2D eigenvalue weighted by Crippen LogP contribution is -2.30. The molecule has 0 aliphatic heterocycles. The SMILES string of the molecule is COc1ccc(CC(=O)NC(C)c2nc3ccccc3n2CCCOc2ccc(OC)cc2)cc1. The molecule has 1 aromatic heterocycles. The van der Waals surface area contributed by atoms with E-state index >= 15 is 0 Å². The van der Waals surface area contributed by atoms with Gasteiger partial charge in [0.25, 0.3) is 0 Å². The van der Waals surface area contributed by atoms with E-state index in [4.69, 9.17) is 19.2 Å². The molecule has 3 aromatic carbocycles. The number of fused-ring (bicyclic) bond motifs is 1. The van der Waals surface area contributed by atoms with Crippen molar-refractivity contribution < 1.29 is 19.0 Å². The van der Waals surface area contributed by atoms with Crippen LogP contribution in [-0.2, 0) is 17.8 Å². The normalized spacial score (nSPS) is 11.7. The number of amides is 1. The number of hydrogen-bond acceptors (Lipinski definition) is 5. The average Bonchev–Trinajstić information content (AvgIpc) is 3.26. The number of imidazole rings is 1. The lowest BCUT2D eigenvalue weighted by molar-refractivity contribution is -0.121. The van der Waals surface area contributed by atoms with E-state index < -0.39 is 0 Å². The first-order chi connectivity index (χ1) is 17.1. The molecular formula is C28H31N3O4. The molecule has 182 valence electrons. The van der Waals surface area contributed by atoms with Gasteiger partial charge in [-0.05, 0) is 67.4 Å². The van der Waals surface area contributed by atoms with Crippen molar-refractivity contribution in [2.75, 3.05) is 20.8 Å². The topological polar surface area (TPSA) is 74.6 Å². The molecule has 0 radical (unpaired) electrons. The fourth-order valence-electron chi connectivity index (χ4n) is 4.03. The number of rotatable bonds is 11. The molecule has 0 aliphatic rings. The van der Waals surface area contributed by atoms with Crippen LogP contribution >= 0.6 is 0 Å². The Morgan fingerprint density at radius 2 is 1.54 bits per heavy atom. The maximum Gasteiger partial charge on any atom is 0.224 e. The van der Waals surface area contributed by atoms with Crippen LogP contribution in [0.4, 0.5) is 0 Å². The first-order valence-electron chi connectivity index (χ1n) is 11.7. The minimum absolute atomic E-state index is 0.0517. The standard InChI is InChI=1S/C28H31N3O4/c1-20(29-27(32)19-21-9-11-22(33-2)12-10-21)28-30-25-7-4-5-8-26(25)31(28)17-6-18-35-24-15-13-23(34-3)14-16-24/h4-5,7-16,20H,6,17-19H2,1-3H3,(H,29,32). The van der Waals surface area contributed by atoms with E-state index in [1.165, 1.54) is 0 Å². The monoisotopic (exact) mass is 473 g/mol. The maximum atomic E-state index is 12.7. The van der Waals surface area contributed by atoms with E-state index in [2.05, 4.69) is 16.0 Å². The van der Waals surface area contributed by atoms with Crippen molar-refractivity contribution in [3.8, 4) is 17.2 Å². The minimum Gasteiger partial charge on any atom is -0.497 e. The second-order valence-electron chi connectivity index (χ2n) is 8.30. The number of ether oxygens (including phenoxy) is 3. The van der Waals surface area contributed by atoms with Crippen molar-refractivity contribution in [3.05, 3.63) is 84.2 Å². The van der Waals surface area contributed by atoms with Crippen molar-refractivity contribution in [1.29, 1.82) is 0 Å². The van der Waals surface area contributed by atoms with Gasteiger partial charge in [0.2, 0.25) is 5.91 Å². The van der Waals surface area contributed by atoms with Crippen molar-refractivity contribution >= 4 is 16.9 Å². The molecule has 1 N–H and O–H groups in total. The number of carbonyl (C=O) groups is 1.